The van der Waals surface area contributed by atoms with E-state index in [-0.39, 0.29) is 5.56 Å². The summed E-state index contributed by atoms with van der Waals surface area (Å²) in [7, 11) is 0. The van der Waals surface area contributed by atoms with Gasteiger partial charge in [-0.05, 0) is 36.6 Å². The van der Waals surface area contributed by atoms with Crippen molar-refractivity contribution in [2.45, 2.75) is 27.0 Å². The van der Waals surface area contributed by atoms with Crippen LogP contribution in [0.4, 0.5) is 0 Å². The summed E-state index contributed by atoms with van der Waals surface area (Å²) in [5.74, 6) is -0.944. The van der Waals surface area contributed by atoms with Gasteiger partial charge in [-0.25, -0.2) is 9.78 Å². The smallest absolute Gasteiger partial charge is 0.335 e. The number of pyridine rings is 1. The topological polar surface area (TPSA) is 76.0 Å². The molecule has 0 aliphatic heterocycles. The molecule has 0 fully saturated rings. The highest BCUT2D eigenvalue weighted by molar-refractivity contribution is 8.02. The van der Waals surface area contributed by atoms with Gasteiger partial charge in [-0.2, -0.15) is 0 Å². The number of nitrogens with zero attached hydrogens (tertiary/aromatic N) is 3. The summed E-state index contributed by atoms with van der Waals surface area (Å²) in [5.41, 5.74) is 1.01. The highest BCUT2D eigenvalue weighted by Gasteiger charge is 2.11. The molecule has 2 heterocycles. The molecule has 0 aliphatic rings. The van der Waals surface area contributed by atoms with Crippen molar-refractivity contribution in [3.8, 4) is 0 Å². The fourth-order valence-corrected chi connectivity index (χ4v) is 3.76. The van der Waals surface area contributed by atoms with E-state index in [1.165, 1.54) is 34.9 Å². The Kier molecular flexibility index (Phi) is 4.78. The number of carboxylic acid groups (broad SMARTS) is 1. The normalized spacial score (nSPS) is 10.6. The summed E-state index contributed by atoms with van der Waals surface area (Å²) < 4.78 is 1.65. The molecule has 0 saturated carbocycles. The summed E-state index contributed by atoms with van der Waals surface area (Å²) in [6.07, 6.45) is 2.63. The number of aryl methyl sites for hydroxylation is 1. The van der Waals surface area contributed by atoms with Gasteiger partial charge in [0.1, 0.15) is 5.03 Å². The highest BCUT2D eigenvalue weighted by Crippen LogP contribution is 2.32. The van der Waals surface area contributed by atoms with Crippen LogP contribution in [-0.4, -0.2) is 32.5 Å². The molecule has 0 atom stereocenters. The lowest BCUT2D eigenvalue weighted by atomic mass is 10.2. The Morgan fingerprint density at radius 2 is 2.11 bits per heavy atom. The first-order valence-electron chi connectivity index (χ1n) is 5.42. The van der Waals surface area contributed by atoms with Gasteiger partial charge in [0.2, 0.25) is 0 Å². The first-order valence-corrected chi connectivity index (χ1v) is 8.27. The van der Waals surface area contributed by atoms with E-state index in [4.69, 9.17) is 5.11 Å². The number of aromatic nitrogens is 3. The molecule has 0 saturated heterocycles. The maximum absolute atomic E-state index is 11.1. The largest absolute Gasteiger partial charge is 0.478 e. The molecule has 0 aromatic carbocycles. The van der Waals surface area contributed by atoms with E-state index in [0.29, 0.717) is 11.4 Å². The number of hydrogen-bond donors (Lipinski definition) is 1. The number of thioether (sulfide) groups is 1. The predicted molar refractivity (Wildman–Crippen MR) is 76.4 cm³/mol. The van der Waals surface area contributed by atoms with Crippen molar-refractivity contribution >= 4 is 40.8 Å². The fraction of sp³-hybridized carbons (Fsp3) is 0.273. The van der Waals surface area contributed by atoms with Gasteiger partial charge in [-0.3, -0.25) is 0 Å². The lowest BCUT2D eigenvalue weighted by Gasteiger charge is -2.03. The zero-order chi connectivity index (χ0) is 13.8. The molecule has 0 unspecified atom stereocenters. The van der Waals surface area contributed by atoms with Gasteiger partial charge in [0, 0.05) is 5.69 Å². The van der Waals surface area contributed by atoms with Crippen LogP contribution < -0.4 is 0 Å². The molecule has 2 aromatic rings. The van der Waals surface area contributed by atoms with Gasteiger partial charge < -0.3 is 5.11 Å². The average Bonchev–Trinajstić information content (AvgIpc) is 2.85. The van der Waals surface area contributed by atoms with Crippen LogP contribution in [0.5, 0.6) is 0 Å². The van der Waals surface area contributed by atoms with Crippen LogP contribution in [0.1, 0.15) is 23.0 Å². The SMILES string of the molecule is CCc1cc(C(=O)O)cc(Sc2nnc(SC)s2)n1. The third-order valence-electron chi connectivity index (χ3n) is 2.22. The molecule has 0 radical (unpaired) electrons. The summed E-state index contributed by atoms with van der Waals surface area (Å²) in [6.45, 7) is 1.94. The number of carbonyl (C=O) groups is 1. The minimum atomic E-state index is -0.944. The summed E-state index contributed by atoms with van der Waals surface area (Å²) in [6, 6.07) is 3.16. The van der Waals surface area contributed by atoms with E-state index in [1.807, 2.05) is 13.2 Å². The van der Waals surface area contributed by atoms with Crippen molar-refractivity contribution < 1.29 is 9.90 Å². The highest BCUT2D eigenvalue weighted by atomic mass is 32.2. The van der Waals surface area contributed by atoms with Gasteiger partial charge in [0.25, 0.3) is 0 Å². The van der Waals surface area contributed by atoms with Crippen LogP contribution in [0.25, 0.3) is 0 Å². The lowest BCUT2D eigenvalue weighted by Crippen LogP contribution is -2.00. The third-order valence-corrected chi connectivity index (χ3v) is 5.09. The average molecular weight is 313 g/mol. The van der Waals surface area contributed by atoms with Crippen molar-refractivity contribution in [2.24, 2.45) is 0 Å². The van der Waals surface area contributed by atoms with Crippen molar-refractivity contribution in [2.75, 3.05) is 6.26 Å². The molecule has 2 rings (SSSR count). The Balaban J connectivity index is 2.28. The predicted octanol–water partition coefficient (Wildman–Crippen LogP) is 3.07. The zero-order valence-electron chi connectivity index (χ0n) is 10.3. The van der Waals surface area contributed by atoms with Crippen LogP contribution >= 0.6 is 34.9 Å². The second kappa shape index (κ2) is 6.36. The molecule has 0 amide bonds. The van der Waals surface area contributed by atoms with Crippen LogP contribution in [0.15, 0.2) is 25.8 Å². The van der Waals surface area contributed by atoms with Crippen molar-refractivity contribution in [1.29, 1.82) is 0 Å². The Bertz CT molecular complexity index is 601. The summed E-state index contributed by atoms with van der Waals surface area (Å²) in [4.78, 5) is 15.5. The maximum atomic E-state index is 11.1. The van der Waals surface area contributed by atoms with Crippen LogP contribution in [0, 0.1) is 0 Å². The van der Waals surface area contributed by atoms with Crippen LogP contribution in [0.2, 0.25) is 0 Å². The van der Waals surface area contributed by atoms with Gasteiger partial charge >= 0.3 is 5.97 Å². The molecule has 100 valence electrons. The van der Waals surface area contributed by atoms with Gasteiger partial charge in [-0.15, -0.1) is 10.2 Å². The van der Waals surface area contributed by atoms with Gasteiger partial charge in [-0.1, -0.05) is 30.0 Å². The maximum Gasteiger partial charge on any atom is 0.335 e. The number of aromatic carboxylic acids is 1. The van der Waals surface area contributed by atoms with Gasteiger partial charge in [0.15, 0.2) is 8.68 Å². The van der Waals surface area contributed by atoms with E-state index in [1.54, 1.807) is 12.1 Å². The molecule has 0 bridgehead atoms. The Hall–Kier alpha value is -1.12. The minimum Gasteiger partial charge on any atom is -0.478 e. The second-order valence-corrected chi connectivity index (χ2v) is 6.78. The van der Waals surface area contributed by atoms with Crippen molar-refractivity contribution in [3.05, 3.63) is 23.4 Å². The standard InChI is InChI=1S/C11H11N3O2S3/c1-3-7-4-6(9(15)16)5-8(12-7)18-11-14-13-10(17-2)19-11/h4-5H,3H2,1-2H3,(H,15,16). The van der Waals surface area contributed by atoms with E-state index in [9.17, 15) is 4.79 Å². The van der Waals surface area contributed by atoms with Crippen LogP contribution in [0.3, 0.4) is 0 Å². The third kappa shape index (κ3) is 3.68. The Labute approximate surface area is 122 Å². The molecule has 1 N–H and O–H groups in total. The molecule has 2 aromatic heterocycles. The van der Waals surface area contributed by atoms with E-state index < -0.39 is 5.97 Å². The molecule has 8 heteroatoms. The summed E-state index contributed by atoms with van der Waals surface area (Å²) in [5, 5.41) is 17.7. The van der Waals surface area contributed by atoms with Crippen molar-refractivity contribution in [1.82, 2.24) is 15.2 Å². The molecular weight excluding hydrogens is 302 g/mol. The number of hydrogen-bond acceptors (Lipinski definition) is 7. The van der Waals surface area contributed by atoms with Crippen molar-refractivity contribution in [3.63, 3.8) is 0 Å². The summed E-state index contributed by atoms with van der Waals surface area (Å²) >= 11 is 4.35. The van der Waals surface area contributed by atoms with Gasteiger partial charge in [0.05, 0.1) is 5.56 Å². The number of rotatable bonds is 5. The molecule has 0 aliphatic carbocycles. The molecule has 5 nitrogen and oxygen atoms in total. The van der Waals surface area contributed by atoms with E-state index in [0.717, 1.165) is 14.4 Å². The Morgan fingerprint density at radius 1 is 1.37 bits per heavy atom. The lowest BCUT2D eigenvalue weighted by molar-refractivity contribution is 0.0696. The minimum absolute atomic E-state index is 0.254. The van der Waals surface area contributed by atoms with Crippen LogP contribution in [-0.2, 0) is 6.42 Å². The quantitative estimate of drug-likeness (QED) is 0.850. The Morgan fingerprint density at radius 3 is 2.68 bits per heavy atom. The van der Waals surface area contributed by atoms with E-state index in [2.05, 4.69) is 15.2 Å². The number of carboxylic acids is 1. The van der Waals surface area contributed by atoms with E-state index >= 15 is 0 Å². The zero-order valence-corrected chi connectivity index (χ0v) is 12.7. The molecule has 0 spiro atoms. The molecular formula is C11H11N3O2S3. The molecule has 19 heavy (non-hydrogen) atoms. The first-order chi connectivity index (χ1) is 9.12. The second-order valence-electron chi connectivity index (χ2n) is 3.48. The fourth-order valence-electron chi connectivity index (χ4n) is 1.33. The monoisotopic (exact) mass is 313 g/mol. The first kappa shape index (κ1) is 14.3.